The molecule has 0 aliphatic heterocycles. The highest BCUT2D eigenvalue weighted by Gasteiger charge is 2.38. The van der Waals surface area contributed by atoms with E-state index >= 15 is 0 Å². The van der Waals surface area contributed by atoms with E-state index in [4.69, 9.17) is 18.0 Å². The summed E-state index contributed by atoms with van der Waals surface area (Å²) in [5, 5.41) is 0. The van der Waals surface area contributed by atoms with Crippen molar-refractivity contribution in [3.63, 3.8) is 0 Å². The van der Waals surface area contributed by atoms with Gasteiger partial charge >= 0.3 is 15.0 Å². The molecule has 0 saturated heterocycles. The molecule has 0 aliphatic rings. The van der Waals surface area contributed by atoms with Gasteiger partial charge < -0.3 is 22.8 Å². The lowest BCUT2D eigenvalue weighted by molar-refractivity contribution is -0.137. The summed E-state index contributed by atoms with van der Waals surface area (Å²) in [6.07, 6.45) is 2.38. The zero-order valence-electron chi connectivity index (χ0n) is 9.60. The molecule has 16 heavy (non-hydrogen) atoms. The highest BCUT2D eigenvalue weighted by Crippen LogP contribution is 2.03. The van der Waals surface area contributed by atoms with Crippen LogP contribution in [0.2, 0.25) is 0 Å². The van der Waals surface area contributed by atoms with Crippen LogP contribution < -0.4 is 0 Å². The number of unbranched alkanes of at least 4 members (excludes halogenated alkanes) is 1. The fourth-order valence-electron chi connectivity index (χ4n) is 0.838. The third-order valence-electron chi connectivity index (χ3n) is 1.75. The van der Waals surface area contributed by atoms with Crippen molar-refractivity contribution in [3.8, 4) is 0 Å². The van der Waals surface area contributed by atoms with E-state index in [0.717, 1.165) is 6.08 Å². The number of hydrogen-bond acceptors (Lipinski definition) is 6. The van der Waals surface area contributed by atoms with E-state index in [2.05, 4.69) is 6.58 Å². The molecule has 1 N–H and O–H groups in total. The van der Waals surface area contributed by atoms with Gasteiger partial charge in [-0.2, -0.15) is 0 Å². The van der Waals surface area contributed by atoms with Gasteiger partial charge in [0.15, 0.2) is 0 Å². The molecular formula is C9H18O6Si. The molecule has 0 aromatic heterocycles. The van der Waals surface area contributed by atoms with Crippen LogP contribution >= 0.6 is 0 Å². The molecule has 6 nitrogen and oxygen atoms in total. The largest absolute Gasteiger partial charge is 0.676 e. The van der Waals surface area contributed by atoms with E-state index in [1.165, 1.54) is 14.2 Å². The Morgan fingerprint density at radius 2 is 1.88 bits per heavy atom. The zero-order valence-corrected chi connectivity index (χ0v) is 10.6. The lowest BCUT2D eigenvalue weighted by atomic mass is 10.3. The average molecular weight is 250 g/mol. The van der Waals surface area contributed by atoms with Gasteiger partial charge in [0.05, 0.1) is 6.61 Å². The van der Waals surface area contributed by atoms with Crippen molar-refractivity contribution >= 4 is 15.0 Å². The molecule has 0 aromatic carbocycles. The van der Waals surface area contributed by atoms with E-state index in [0.29, 0.717) is 19.4 Å². The Balaban J connectivity index is 3.46. The third-order valence-corrected chi connectivity index (χ3v) is 3.35. The molecule has 0 spiro atoms. The first-order valence-corrected chi connectivity index (χ1v) is 6.51. The van der Waals surface area contributed by atoms with Gasteiger partial charge in [0.25, 0.3) is 0 Å². The van der Waals surface area contributed by atoms with Crippen LogP contribution in [0.3, 0.4) is 0 Å². The first-order chi connectivity index (χ1) is 7.58. The molecule has 0 unspecified atom stereocenters. The summed E-state index contributed by atoms with van der Waals surface area (Å²) < 4.78 is 19.2. The smallest absolute Gasteiger partial charge is 0.463 e. The molecule has 0 radical (unpaired) electrons. The maximum absolute atomic E-state index is 10.7. The lowest BCUT2D eigenvalue weighted by Gasteiger charge is -2.18. The predicted molar refractivity (Wildman–Crippen MR) is 58.3 cm³/mol. The molecule has 94 valence electrons. The highest BCUT2D eigenvalue weighted by molar-refractivity contribution is 6.51. The summed E-state index contributed by atoms with van der Waals surface area (Å²) in [4.78, 5) is 20.1. The standard InChI is InChI=1S/C9H18O6Si/c1-4-9(10)14-7-5-6-8-15-16(11,12-2)13-3/h4,11H,1,5-8H2,2-3H3. The second kappa shape index (κ2) is 8.42. The van der Waals surface area contributed by atoms with Crippen molar-refractivity contribution in [3.05, 3.63) is 12.7 Å². The number of rotatable bonds is 9. The van der Waals surface area contributed by atoms with Crippen molar-refractivity contribution in [2.45, 2.75) is 12.8 Å². The van der Waals surface area contributed by atoms with Crippen LogP contribution in [-0.4, -0.2) is 47.2 Å². The van der Waals surface area contributed by atoms with Crippen LogP contribution in [0.5, 0.6) is 0 Å². The fourth-order valence-corrected chi connectivity index (χ4v) is 1.64. The van der Waals surface area contributed by atoms with E-state index < -0.39 is 15.0 Å². The van der Waals surface area contributed by atoms with Gasteiger partial charge in [-0.1, -0.05) is 6.58 Å². The summed E-state index contributed by atoms with van der Waals surface area (Å²) in [5.41, 5.74) is 0. The molecule has 0 bridgehead atoms. The number of hydrogen-bond donors (Lipinski definition) is 1. The van der Waals surface area contributed by atoms with Gasteiger partial charge in [-0.15, -0.1) is 0 Å². The lowest BCUT2D eigenvalue weighted by Crippen LogP contribution is -2.44. The minimum Gasteiger partial charge on any atom is -0.463 e. The summed E-state index contributed by atoms with van der Waals surface area (Å²) in [7, 11) is -0.768. The van der Waals surface area contributed by atoms with Gasteiger partial charge in [-0.3, -0.25) is 0 Å². The Labute approximate surface area is 96.3 Å². The topological polar surface area (TPSA) is 74.2 Å². The van der Waals surface area contributed by atoms with Gasteiger partial charge in [0.2, 0.25) is 0 Å². The quantitative estimate of drug-likeness (QED) is 0.273. The minimum atomic E-state index is -3.41. The molecule has 0 saturated carbocycles. The molecule has 0 aromatic rings. The summed E-state index contributed by atoms with van der Waals surface area (Å²) in [6.45, 7) is 3.86. The van der Waals surface area contributed by atoms with Gasteiger partial charge in [0, 0.05) is 26.9 Å². The van der Waals surface area contributed by atoms with Crippen molar-refractivity contribution < 1.29 is 27.6 Å². The van der Waals surface area contributed by atoms with Gasteiger partial charge in [-0.05, 0) is 12.8 Å². The monoisotopic (exact) mass is 250 g/mol. The number of carbonyl (C=O) groups excluding carboxylic acids is 1. The fraction of sp³-hybridized carbons (Fsp3) is 0.667. The van der Waals surface area contributed by atoms with Crippen molar-refractivity contribution in [2.75, 3.05) is 27.4 Å². The van der Waals surface area contributed by atoms with E-state index in [1.807, 2.05) is 0 Å². The summed E-state index contributed by atoms with van der Waals surface area (Å²) in [6, 6.07) is 0. The molecule has 0 atom stereocenters. The van der Waals surface area contributed by atoms with Crippen molar-refractivity contribution in [1.29, 1.82) is 0 Å². The SMILES string of the molecule is C=CC(=O)OCCCCO[Si](O)(OC)OC. The number of carbonyl (C=O) groups is 1. The highest BCUT2D eigenvalue weighted by atomic mass is 28.4. The Morgan fingerprint density at radius 3 is 2.38 bits per heavy atom. The first-order valence-electron chi connectivity index (χ1n) is 4.83. The summed E-state index contributed by atoms with van der Waals surface area (Å²) in [5.74, 6) is -0.444. The second-order valence-electron chi connectivity index (χ2n) is 2.86. The number of ether oxygens (including phenoxy) is 1. The minimum absolute atomic E-state index is 0.288. The Kier molecular flexibility index (Phi) is 8.04. The van der Waals surface area contributed by atoms with Crippen LogP contribution in [0, 0.1) is 0 Å². The van der Waals surface area contributed by atoms with Crippen LogP contribution in [0.15, 0.2) is 12.7 Å². The molecule has 0 amide bonds. The average Bonchev–Trinajstić information content (AvgIpc) is 2.32. The van der Waals surface area contributed by atoms with E-state index in [1.54, 1.807) is 0 Å². The molecule has 0 rings (SSSR count). The molecule has 7 heteroatoms. The molecular weight excluding hydrogens is 232 g/mol. The maximum Gasteiger partial charge on any atom is 0.676 e. The first kappa shape index (κ1) is 15.3. The third kappa shape index (κ3) is 6.70. The Bertz CT molecular complexity index is 216. The van der Waals surface area contributed by atoms with Crippen molar-refractivity contribution in [1.82, 2.24) is 0 Å². The Morgan fingerprint density at radius 1 is 1.31 bits per heavy atom. The van der Waals surface area contributed by atoms with Gasteiger partial charge in [-0.25, -0.2) is 4.79 Å². The number of esters is 1. The van der Waals surface area contributed by atoms with Crippen molar-refractivity contribution in [2.24, 2.45) is 0 Å². The van der Waals surface area contributed by atoms with Crippen LogP contribution in [0.1, 0.15) is 12.8 Å². The van der Waals surface area contributed by atoms with E-state index in [-0.39, 0.29) is 6.61 Å². The normalized spacial score (nSPS) is 11.2. The second-order valence-corrected chi connectivity index (χ2v) is 5.01. The molecule has 0 fully saturated rings. The van der Waals surface area contributed by atoms with Crippen LogP contribution in [0.25, 0.3) is 0 Å². The Hall–Kier alpha value is -0.733. The molecule has 0 heterocycles. The van der Waals surface area contributed by atoms with Gasteiger partial charge in [0.1, 0.15) is 0 Å². The molecule has 0 aliphatic carbocycles. The summed E-state index contributed by atoms with van der Waals surface area (Å²) >= 11 is 0. The van der Waals surface area contributed by atoms with Crippen LogP contribution in [-0.2, 0) is 22.8 Å². The predicted octanol–water partition coefficient (Wildman–Crippen LogP) is 0.233. The maximum atomic E-state index is 10.7. The van der Waals surface area contributed by atoms with Crippen LogP contribution in [0.4, 0.5) is 0 Å². The van der Waals surface area contributed by atoms with E-state index in [9.17, 15) is 9.59 Å². The zero-order chi connectivity index (χ0) is 12.4.